The highest BCUT2D eigenvalue weighted by Crippen LogP contribution is 2.43. The largest absolute Gasteiger partial charge is 0.456 e. The van der Waals surface area contributed by atoms with Crippen molar-refractivity contribution in [2.24, 2.45) is 0 Å². The molecule has 0 saturated carbocycles. The van der Waals surface area contributed by atoms with E-state index in [1.807, 2.05) is 42.5 Å². The number of rotatable bonds is 12. The monoisotopic (exact) mass is 1350 g/mol. The first-order chi connectivity index (χ1) is 52.5. The van der Waals surface area contributed by atoms with Gasteiger partial charge in [0.15, 0.2) is 34.9 Å². The summed E-state index contributed by atoms with van der Waals surface area (Å²) in [5, 5.41) is 9.17. The first-order valence-corrected chi connectivity index (χ1v) is 35.5. The van der Waals surface area contributed by atoms with Crippen LogP contribution in [0.1, 0.15) is 0 Å². The predicted molar refractivity (Wildman–Crippen MR) is 434 cm³/mol. The Morgan fingerprint density at radius 1 is 0.151 bits per heavy atom. The third-order valence-electron chi connectivity index (χ3n) is 19.9. The van der Waals surface area contributed by atoms with E-state index in [0.29, 0.717) is 34.9 Å². The molecule has 20 aromatic rings. The second-order valence-corrected chi connectivity index (χ2v) is 26.5. The summed E-state index contributed by atoms with van der Waals surface area (Å²) in [6, 6.07) is 130. The first-order valence-electron chi connectivity index (χ1n) is 35.5. The Morgan fingerprint density at radius 2 is 0.415 bits per heavy atom. The fourth-order valence-corrected chi connectivity index (χ4v) is 14.5. The van der Waals surface area contributed by atoms with Gasteiger partial charge in [0, 0.05) is 54.9 Å². The van der Waals surface area contributed by atoms with E-state index in [9.17, 15) is 0 Å². The Balaban J connectivity index is 0.000000145. The van der Waals surface area contributed by atoms with Crippen LogP contribution in [0.2, 0.25) is 0 Å². The summed E-state index contributed by atoms with van der Waals surface area (Å²) in [5.74, 6) is 3.74. The lowest BCUT2D eigenvalue weighted by Gasteiger charge is -2.12. The van der Waals surface area contributed by atoms with Crippen molar-refractivity contribution in [3.8, 4) is 135 Å². The van der Waals surface area contributed by atoms with E-state index >= 15 is 0 Å². The third kappa shape index (κ3) is 12.2. The van der Waals surface area contributed by atoms with Crippen molar-refractivity contribution in [2.45, 2.75) is 0 Å². The van der Waals surface area contributed by atoms with Gasteiger partial charge in [-0.05, 0) is 131 Å². The zero-order chi connectivity index (χ0) is 70.3. The number of hydrogen-bond donors (Lipinski definition) is 0. The summed E-state index contributed by atoms with van der Waals surface area (Å²) in [5.41, 5.74) is 22.6. The van der Waals surface area contributed by atoms with Gasteiger partial charge in [-0.1, -0.05) is 334 Å². The van der Waals surface area contributed by atoms with E-state index < -0.39 is 0 Å². The second kappa shape index (κ2) is 27.2. The van der Waals surface area contributed by atoms with Gasteiger partial charge in [-0.2, -0.15) is 0 Å². The minimum absolute atomic E-state index is 0.616. The van der Waals surface area contributed by atoms with Crippen molar-refractivity contribution in [1.29, 1.82) is 0 Å². The van der Waals surface area contributed by atoms with Crippen LogP contribution >= 0.6 is 0 Å². The summed E-state index contributed by atoms with van der Waals surface area (Å²) in [6.07, 6.45) is 0. The number of aromatic nitrogens is 6. The van der Waals surface area contributed by atoms with Crippen LogP contribution in [-0.4, -0.2) is 29.9 Å². The van der Waals surface area contributed by atoms with Crippen molar-refractivity contribution in [3.63, 3.8) is 0 Å². The molecule has 16 aromatic carbocycles. The molecule has 0 aliphatic rings. The van der Waals surface area contributed by atoms with Gasteiger partial charge >= 0.3 is 0 Å². The highest BCUT2D eigenvalue weighted by Gasteiger charge is 2.21. The van der Waals surface area contributed by atoms with Gasteiger partial charge in [-0.25, -0.2) is 29.9 Å². The molecule has 4 aromatic heterocycles. The van der Waals surface area contributed by atoms with Crippen molar-refractivity contribution in [3.05, 3.63) is 376 Å². The highest BCUT2D eigenvalue weighted by atomic mass is 16.3. The van der Waals surface area contributed by atoms with Crippen molar-refractivity contribution in [1.82, 2.24) is 29.9 Å². The van der Waals surface area contributed by atoms with Gasteiger partial charge in [-0.15, -0.1) is 0 Å². The molecule has 0 fully saturated rings. The number of hydrogen-bond acceptors (Lipinski definition) is 8. The van der Waals surface area contributed by atoms with Crippen LogP contribution in [0.25, 0.3) is 201 Å². The minimum atomic E-state index is 0.616. The predicted octanol–water partition coefficient (Wildman–Crippen LogP) is 25.9. The van der Waals surface area contributed by atoms with E-state index in [-0.39, 0.29) is 0 Å². The highest BCUT2D eigenvalue weighted by molar-refractivity contribution is 6.17. The number of benzene rings is 16. The molecule has 0 aliphatic carbocycles. The molecule has 106 heavy (non-hydrogen) atoms. The molecule has 8 heteroatoms. The lowest BCUT2D eigenvalue weighted by atomic mass is 9.97. The normalized spacial score (nSPS) is 11.4. The van der Waals surface area contributed by atoms with E-state index in [4.69, 9.17) is 38.7 Å². The maximum Gasteiger partial charge on any atom is 0.164 e. The molecular formula is C98H62N6O2. The van der Waals surface area contributed by atoms with Crippen molar-refractivity contribution in [2.75, 3.05) is 0 Å². The summed E-state index contributed by atoms with van der Waals surface area (Å²) in [4.78, 5) is 30.5. The molecule has 0 radical (unpaired) electrons. The van der Waals surface area contributed by atoms with E-state index in [0.717, 1.165) is 133 Å². The smallest absolute Gasteiger partial charge is 0.164 e. The van der Waals surface area contributed by atoms with Crippen LogP contribution in [0.4, 0.5) is 0 Å². The van der Waals surface area contributed by atoms with Crippen LogP contribution in [0, 0.1) is 0 Å². The van der Waals surface area contributed by atoms with Gasteiger partial charge in [0.25, 0.3) is 0 Å². The fourth-order valence-electron chi connectivity index (χ4n) is 14.5. The average molecular weight is 1360 g/mol. The number of nitrogens with zero attached hydrogens (tertiary/aromatic N) is 6. The van der Waals surface area contributed by atoms with E-state index in [2.05, 4.69) is 334 Å². The molecule has 0 aliphatic heterocycles. The third-order valence-corrected chi connectivity index (χ3v) is 19.9. The summed E-state index contributed by atoms with van der Waals surface area (Å²) in [6.45, 7) is 0. The molecule has 0 amide bonds. The molecule has 0 bridgehead atoms. The standard InChI is InChI=1S/2C49H31N3O/c1-3-11-32(12-4-1)34-21-25-36(26-22-34)47-50-48(52-49(51-47)41-18-9-17-38(29-41)33-13-5-2-6-14-33)37-27-23-35(24-28-37)42-19-10-20-44-46(42)43-30-39-15-7-8-16-40(39)31-45(43)53-44;1-3-12-32(13-4-1)33-22-26-36(27-23-33)47-50-48(52-49(51-47)42-19-10-9-18-40(42)34-14-5-2-6-15-34)37-28-24-35(25-29-37)41-20-11-21-44-46(41)43-30-38-16-7-8-17-39(38)31-45(43)53-44/h2*1-31H. The van der Waals surface area contributed by atoms with E-state index in [1.54, 1.807) is 0 Å². The molecule has 0 atom stereocenters. The average Bonchev–Trinajstić information content (AvgIpc) is 1.63. The Kier molecular flexibility index (Phi) is 16.1. The zero-order valence-corrected chi connectivity index (χ0v) is 57.3. The van der Waals surface area contributed by atoms with Gasteiger partial charge in [-0.3, -0.25) is 0 Å². The molecule has 8 nitrogen and oxygen atoms in total. The van der Waals surface area contributed by atoms with Crippen LogP contribution in [0.15, 0.2) is 385 Å². The SMILES string of the molecule is c1ccc(-c2ccc(-c3nc(-c4ccc(-c5cccc6oc7cc8ccccc8cc7c56)cc4)nc(-c4cccc(-c5ccccc5)c4)n3)cc2)cc1.c1ccc(-c2ccc(-c3nc(-c4ccc(-c5cccc6oc7cc8ccccc8cc7c56)cc4)nc(-c4ccccc4-c4ccccc4)n3)cc2)cc1. The maximum atomic E-state index is 6.37. The first kappa shape index (κ1) is 62.6. The van der Waals surface area contributed by atoms with Gasteiger partial charge in [0.05, 0.1) is 0 Å². The quantitative estimate of drug-likeness (QED) is 0.119. The van der Waals surface area contributed by atoms with Crippen LogP contribution in [0.3, 0.4) is 0 Å². The number of furan rings is 2. The van der Waals surface area contributed by atoms with E-state index in [1.165, 1.54) is 32.7 Å². The van der Waals surface area contributed by atoms with Crippen molar-refractivity contribution < 1.29 is 8.83 Å². The number of fused-ring (bicyclic) bond motifs is 8. The second-order valence-electron chi connectivity index (χ2n) is 26.5. The van der Waals surface area contributed by atoms with Crippen LogP contribution in [-0.2, 0) is 0 Å². The topological polar surface area (TPSA) is 104 Å². The molecule has 0 spiro atoms. The molecule has 4 heterocycles. The Bertz CT molecular complexity index is 6640. The summed E-state index contributed by atoms with van der Waals surface area (Å²) in [7, 11) is 0. The molecule has 0 saturated heterocycles. The summed E-state index contributed by atoms with van der Waals surface area (Å²) < 4.78 is 12.7. The van der Waals surface area contributed by atoms with Crippen LogP contribution in [0.5, 0.6) is 0 Å². The lowest BCUT2D eigenvalue weighted by Crippen LogP contribution is -2.01. The van der Waals surface area contributed by atoms with Crippen LogP contribution < -0.4 is 0 Å². The van der Waals surface area contributed by atoms with Gasteiger partial charge in [0.2, 0.25) is 0 Å². The maximum absolute atomic E-state index is 6.37. The molecule has 20 rings (SSSR count). The summed E-state index contributed by atoms with van der Waals surface area (Å²) >= 11 is 0. The Labute approximate surface area is 611 Å². The molecular weight excluding hydrogens is 1290 g/mol. The van der Waals surface area contributed by atoms with Crippen molar-refractivity contribution >= 4 is 65.4 Å². The fraction of sp³-hybridized carbons (Fsp3) is 0. The van der Waals surface area contributed by atoms with Gasteiger partial charge < -0.3 is 8.83 Å². The molecule has 0 unspecified atom stereocenters. The molecule has 496 valence electrons. The zero-order valence-electron chi connectivity index (χ0n) is 57.3. The minimum Gasteiger partial charge on any atom is -0.456 e. The Morgan fingerprint density at radius 3 is 0.830 bits per heavy atom. The Hall–Kier alpha value is -14.3. The van der Waals surface area contributed by atoms with Gasteiger partial charge in [0.1, 0.15) is 22.3 Å². The molecule has 0 N–H and O–H groups in total. The lowest BCUT2D eigenvalue weighted by molar-refractivity contribution is 0.669.